The molecule has 1 aliphatic heterocycles. The first-order valence-electron chi connectivity index (χ1n) is 6.12. The topological polar surface area (TPSA) is 49.9 Å². The van der Waals surface area contributed by atoms with Gasteiger partial charge < -0.3 is 14.5 Å². The second-order valence-electron chi connectivity index (χ2n) is 4.40. The summed E-state index contributed by atoms with van der Waals surface area (Å²) >= 11 is 0. The lowest BCUT2D eigenvalue weighted by molar-refractivity contribution is -0.138. The Hall–Kier alpha value is -1.10. The molecule has 0 radical (unpaired) electrons. The number of hydrogen-bond acceptors (Lipinski definition) is 3. The van der Waals surface area contributed by atoms with Crippen LogP contribution in [-0.2, 0) is 14.3 Å². The van der Waals surface area contributed by atoms with Crippen molar-refractivity contribution in [1.29, 1.82) is 0 Å². The number of carbonyl (C=O) groups excluding carboxylic acids is 2. The maximum atomic E-state index is 11.6. The van der Waals surface area contributed by atoms with Gasteiger partial charge in [0.1, 0.15) is 6.61 Å². The van der Waals surface area contributed by atoms with Gasteiger partial charge in [-0.15, -0.1) is 0 Å². The SMILES string of the molecule is CCC(=O)N1CCC(N(C)C(=O)COC)CC1. The molecular weight excluding hydrogens is 220 g/mol. The lowest BCUT2D eigenvalue weighted by atomic mass is 10.0. The molecule has 0 aromatic rings. The third-order valence-electron chi connectivity index (χ3n) is 3.33. The Labute approximate surface area is 103 Å². The Morgan fingerprint density at radius 3 is 2.41 bits per heavy atom. The maximum Gasteiger partial charge on any atom is 0.248 e. The number of methoxy groups -OCH3 is 1. The zero-order chi connectivity index (χ0) is 12.8. The van der Waals surface area contributed by atoms with Crippen LogP contribution in [0.2, 0.25) is 0 Å². The number of piperidine rings is 1. The van der Waals surface area contributed by atoms with E-state index in [9.17, 15) is 9.59 Å². The molecule has 5 nitrogen and oxygen atoms in total. The summed E-state index contributed by atoms with van der Waals surface area (Å²) in [4.78, 5) is 26.8. The first-order chi connectivity index (χ1) is 8.10. The summed E-state index contributed by atoms with van der Waals surface area (Å²) in [7, 11) is 3.33. The summed E-state index contributed by atoms with van der Waals surface area (Å²) in [5.74, 6) is 0.210. The third kappa shape index (κ3) is 3.70. The van der Waals surface area contributed by atoms with E-state index in [1.54, 1.807) is 4.90 Å². The molecule has 1 saturated heterocycles. The van der Waals surface area contributed by atoms with Crippen LogP contribution in [0.4, 0.5) is 0 Å². The van der Waals surface area contributed by atoms with Crippen molar-refractivity contribution in [3.8, 4) is 0 Å². The normalized spacial score (nSPS) is 17.0. The van der Waals surface area contributed by atoms with Crippen LogP contribution in [0.3, 0.4) is 0 Å². The lowest BCUT2D eigenvalue weighted by Gasteiger charge is -2.36. The van der Waals surface area contributed by atoms with E-state index in [4.69, 9.17) is 4.74 Å². The van der Waals surface area contributed by atoms with Crippen LogP contribution in [0.1, 0.15) is 26.2 Å². The zero-order valence-corrected chi connectivity index (χ0v) is 10.9. The molecule has 17 heavy (non-hydrogen) atoms. The molecule has 0 aromatic heterocycles. The summed E-state index contributed by atoms with van der Waals surface area (Å²) in [5, 5.41) is 0. The largest absolute Gasteiger partial charge is 0.375 e. The van der Waals surface area contributed by atoms with Crippen LogP contribution in [0.25, 0.3) is 0 Å². The van der Waals surface area contributed by atoms with Crippen molar-refractivity contribution in [2.75, 3.05) is 33.9 Å². The third-order valence-corrected chi connectivity index (χ3v) is 3.33. The minimum atomic E-state index is 0.00719. The van der Waals surface area contributed by atoms with Gasteiger partial charge in [-0.1, -0.05) is 6.92 Å². The maximum absolute atomic E-state index is 11.6. The molecule has 2 amide bonds. The van der Waals surface area contributed by atoms with E-state index in [0.717, 1.165) is 25.9 Å². The summed E-state index contributed by atoms with van der Waals surface area (Å²) < 4.78 is 4.84. The van der Waals surface area contributed by atoms with Gasteiger partial charge in [0.2, 0.25) is 11.8 Å². The van der Waals surface area contributed by atoms with Crippen molar-refractivity contribution in [3.05, 3.63) is 0 Å². The Bertz CT molecular complexity index is 273. The van der Waals surface area contributed by atoms with Gasteiger partial charge in [-0.3, -0.25) is 9.59 Å². The molecule has 0 bridgehead atoms. The summed E-state index contributed by atoms with van der Waals surface area (Å²) in [6.07, 6.45) is 2.28. The van der Waals surface area contributed by atoms with Crippen LogP contribution in [0.15, 0.2) is 0 Å². The molecule has 0 N–H and O–H groups in total. The summed E-state index contributed by atoms with van der Waals surface area (Å²) in [5.41, 5.74) is 0. The molecule has 1 fully saturated rings. The molecule has 0 aliphatic carbocycles. The number of nitrogens with zero attached hydrogens (tertiary/aromatic N) is 2. The number of carbonyl (C=O) groups is 2. The lowest BCUT2D eigenvalue weighted by Crippen LogP contribution is -2.47. The zero-order valence-electron chi connectivity index (χ0n) is 10.9. The number of ether oxygens (including phenoxy) is 1. The van der Waals surface area contributed by atoms with E-state index in [-0.39, 0.29) is 24.5 Å². The van der Waals surface area contributed by atoms with Crippen molar-refractivity contribution in [1.82, 2.24) is 9.80 Å². The van der Waals surface area contributed by atoms with E-state index >= 15 is 0 Å². The first kappa shape index (κ1) is 14.0. The van der Waals surface area contributed by atoms with Gasteiger partial charge >= 0.3 is 0 Å². The van der Waals surface area contributed by atoms with Crippen LogP contribution >= 0.6 is 0 Å². The predicted molar refractivity (Wildman–Crippen MR) is 64.5 cm³/mol. The molecule has 1 heterocycles. The summed E-state index contributed by atoms with van der Waals surface area (Å²) in [6, 6.07) is 0.235. The number of hydrogen-bond donors (Lipinski definition) is 0. The van der Waals surface area contributed by atoms with Crippen molar-refractivity contribution >= 4 is 11.8 Å². The number of rotatable bonds is 4. The van der Waals surface area contributed by atoms with Gasteiger partial charge in [-0.05, 0) is 12.8 Å². The first-order valence-corrected chi connectivity index (χ1v) is 6.12. The van der Waals surface area contributed by atoms with Gasteiger partial charge in [-0.25, -0.2) is 0 Å². The van der Waals surface area contributed by atoms with Gasteiger partial charge in [0.25, 0.3) is 0 Å². The minimum absolute atomic E-state index is 0.00719. The number of amides is 2. The van der Waals surface area contributed by atoms with Gasteiger partial charge in [0.05, 0.1) is 0 Å². The molecule has 1 aliphatic rings. The number of likely N-dealkylation sites (N-methyl/N-ethyl adjacent to an activating group) is 1. The quantitative estimate of drug-likeness (QED) is 0.721. The second kappa shape index (κ2) is 6.59. The molecule has 0 saturated carbocycles. The Morgan fingerprint density at radius 2 is 1.94 bits per heavy atom. The highest BCUT2D eigenvalue weighted by atomic mass is 16.5. The highest BCUT2D eigenvalue weighted by molar-refractivity contribution is 5.78. The average molecular weight is 242 g/mol. The van der Waals surface area contributed by atoms with Crippen molar-refractivity contribution < 1.29 is 14.3 Å². The van der Waals surface area contributed by atoms with Crippen molar-refractivity contribution in [2.45, 2.75) is 32.2 Å². The Balaban J connectivity index is 2.41. The smallest absolute Gasteiger partial charge is 0.248 e. The van der Waals surface area contributed by atoms with Gasteiger partial charge in [0.15, 0.2) is 0 Å². The van der Waals surface area contributed by atoms with E-state index in [2.05, 4.69) is 0 Å². The molecule has 1 rings (SSSR count). The average Bonchev–Trinajstić information content (AvgIpc) is 2.37. The molecule has 0 atom stereocenters. The molecular formula is C12H22N2O3. The molecule has 0 aromatic carbocycles. The van der Waals surface area contributed by atoms with E-state index in [1.165, 1.54) is 7.11 Å². The monoisotopic (exact) mass is 242 g/mol. The molecule has 98 valence electrons. The standard InChI is InChI=1S/C12H22N2O3/c1-4-11(15)14-7-5-10(6-8-14)13(2)12(16)9-17-3/h10H,4-9H2,1-3H3. The Morgan fingerprint density at radius 1 is 1.35 bits per heavy atom. The second-order valence-corrected chi connectivity index (χ2v) is 4.40. The molecule has 5 heteroatoms. The minimum Gasteiger partial charge on any atom is -0.375 e. The number of likely N-dealkylation sites (tertiary alicyclic amines) is 1. The van der Waals surface area contributed by atoms with Gasteiger partial charge in [0, 0.05) is 39.7 Å². The van der Waals surface area contributed by atoms with Gasteiger partial charge in [-0.2, -0.15) is 0 Å². The highest BCUT2D eigenvalue weighted by Crippen LogP contribution is 2.16. The fraction of sp³-hybridized carbons (Fsp3) is 0.833. The van der Waals surface area contributed by atoms with Crippen molar-refractivity contribution in [3.63, 3.8) is 0 Å². The summed E-state index contributed by atoms with van der Waals surface area (Å²) in [6.45, 7) is 3.51. The van der Waals surface area contributed by atoms with E-state index in [1.807, 2.05) is 18.9 Å². The predicted octanol–water partition coefficient (Wildman–Crippen LogP) is 0.492. The fourth-order valence-electron chi connectivity index (χ4n) is 2.16. The van der Waals surface area contributed by atoms with E-state index in [0.29, 0.717) is 6.42 Å². The highest BCUT2D eigenvalue weighted by Gasteiger charge is 2.26. The van der Waals surface area contributed by atoms with Crippen LogP contribution in [-0.4, -0.2) is 61.5 Å². The van der Waals surface area contributed by atoms with Crippen LogP contribution in [0, 0.1) is 0 Å². The van der Waals surface area contributed by atoms with Crippen molar-refractivity contribution in [2.24, 2.45) is 0 Å². The molecule has 0 spiro atoms. The van der Waals surface area contributed by atoms with E-state index < -0.39 is 0 Å². The Kier molecular flexibility index (Phi) is 5.41. The van der Waals surface area contributed by atoms with Crippen LogP contribution in [0.5, 0.6) is 0 Å². The van der Waals surface area contributed by atoms with Crippen LogP contribution < -0.4 is 0 Å². The fourth-order valence-corrected chi connectivity index (χ4v) is 2.16. The molecule has 0 unspecified atom stereocenters.